The number of aliphatic hydroxyl groups excluding tert-OH is 1. The largest absolute Gasteiger partial charge is 0.481 e. The van der Waals surface area contributed by atoms with Crippen LogP contribution in [0.15, 0.2) is 85.2 Å². The second-order valence-corrected chi connectivity index (χ2v) is 30.7. The number of carbonyl (C=O) groups is 21. The van der Waals surface area contributed by atoms with Crippen LogP contribution in [-0.4, -0.2) is 259 Å². The van der Waals surface area contributed by atoms with Crippen molar-refractivity contribution >= 4 is 152 Å². The number of anilines is 1. The zero-order chi connectivity index (χ0) is 94.4. The molecule has 1 fully saturated rings. The van der Waals surface area contributed by atoms with E-state index in [4.69, 9.17) is 16.2 Å². The predicted molar refractivity (Wildman–Crippen MR) is 451 cm³/mol. The summed E-state index contributed by atoms with van der Waals surface area (Å²) in [6.07, 6.45) is -0.885. The number of fused-ring (bicyclic) bond motifs is 2. The number of H-pyrrole nitrogens is 2. The number of hydrogen-bond donors (Lipinski definition) is 23. The van der Waals surface area contributed by atoms with Crippen LogP contribution in [0.25, 0.3) is 21.8 Å². The number of esters is 1. The van der Waals surface area contributed by atoms with Gasteiger partial charge in [-0.2, -0.15) is 0 Å². The summed E-state index contributed by atoms with van der Waals surface area (Å²) < 4.78 is 5.74. The molecule has 0 spiro atoms. The normalized spacial score (nSPS) is 20.2. The maximum Gasteiger partial charge on any atom is 0.329 e. The molecular formula is C83H110N18O27. The number of aryl methyl sites for hydroxylation is 1. The molecular weight excluding hydrogens is 1680 g/mol. The third kappa shape index (κ3) is 33.6. The number of nitrogens with one attached hydrogen (secondary N) is 16. The molecule has 25 N–H and O–H groups in total. The van der Waals surface area contributed by atoms with Crippen molar-refractivity contribution in [1.82, 2.24) is 84.4 Å². The molecule has 45 nitrogen and oxygen atoms in total. The van der Waals surface area contributed by atoms with Gasteiger partial charge in [-0.25, -0.2) is 4.79 Å². The Morgan fingerprint density at radius 1 is 0.500 bits per heavy atom. The number of amides is 15. The van der Waals surface area contributed by atoms with Crippen LogP contribution in [0.1, 0.15) is 158 Å². The van der Waals surface area contributed by atoms with Gasteiger partial charge in [0, 0.05) is 77.7 Å². The van der Waals surface area contributed by atoms with Gasteiger partial charge in [0.25, 0.3) is 0 Å². The summed E-state index contributed by atoms with van der Waals surface area (Å²) in [7, 11) is 0. The molecule has 45 heteroatoms. The van der Waals surface area contributed by atoms with Crippen LogP contribution in [0.4, 0.5) is 5.69 Å². The number of carboxylic acid groups (broad SMARTS) is 4. The molecule has 2 aromatic heterocycles. The van der Waals surface area contributed by atoms with E-state index in [-0.39, 0.29) is 49.9 Å². The highest BCUT2D eigenvalue weighted by Crippen LogP contribution is 2.23. The molecule has 1 aliphatic rings. The third-order valence-corrected chi connectivity index (χ3v) is 20.5. The molecule has 15 amide bonds. The topological polar surface area (TPSA) is 721 Å². The van der Waals surface area contributed by atoms with Crippen molar-refractivity contribution in [3.05, 3.63) is 102 Å². The number of cyclic esters (lactones) is 1. The first-order valence-corrected chi connectivity index (χ1v) is 41.3. The van der Waals surface area contributed by atoms with Crippen LogP contribution in [0.2, 0.25) is 0 Å². The number of ketones is 1. The number of nitrogens with two attached hydrogens (primary N) is 2. The number of primary amides is 1. The number of carbonyl (C=O) groups excluding carboxylic acids is 17. The van der Waals surface area contributed by atoms with Crippen molar-refractivity contribution in [3.8, 4) is 0 Å². The standard InChI is InChI=1S/C83H110N18O27/c1-5-6-7-8-9-10-11-26-64(106)93-54(31-46-38-88-52-24-17-14-20-48(46)52)77(121)96-55(33-62(85)104)78(122)98-58(36-70(115)116)79(123)101-72-44(4)128-83(127)59(32-61(103)49-21-12-15-22-50(49)84)99-82(126)71(42(2)30-67(109)110)100-80(124)60(41-102)94-66(108)39-89-74(118)56(34-68(111)112)95-73(117)43(3)91-76(120)57(35-69(113)114)97-75(119)53(92-65(107)40-90-81(72)125)25-18-29-86-63(105)28-27-45-37-87-51-23-16-13-19-47(45)51/h12-17,19-24,37-38,42-44,53-60,71-72,87-88,102H,5-11,18,25-36,39-41,84H2,1-4H3,(H2,85,104)(H,86,105)(H,89,118)(H,90,125)(H,91,120)(H,92,107)(H,93,106)(H,94,108)(H,95,117)(H,96,121)(H,97,119)(H,98,122)(H,99,126)(H,100,124)(H,101,123)(H,109,110)(H,111,112)(H,113,114)(H,115,116)/t42-,43-,44?,53+,54+,55+,56+,57?,58+,59+,60-,71?,72?/m1/s1. The highest BCUT2D eigenvalue weighted by Gasteiger charge is 2.41. The van der Waals surface area contributed by atoms with Gasteiger partial charge >= 0.3 is 29.8 Å². The average Bonchev–Trinajstić information content (AvgIpc) is 1.67. The van der Waals surface area contributed by atoms with E-state index in [2.05, 4.69) is 75.4 Å². The molecule has 0 saturated carbocycles. The number of benzene rings is 3. The smallest absolute Gasteiger partial charge is 0.329 e. The van der Waals surface area contributed by atoms with Crippen LogP contribution in [0, 0.1) is 5.92 Å². The van der Waals surface area contributed by atoms with Gasteiger partial charge in [0.1, 0.15) is 72.6 Å². The van der Waals surface area contributed by atoms with Crippen LogP contribution in [-0.2, 0) is 113 Å². The van der Waals surface area contributed by atoms with Gasteiger partial charge in [-0.05, 0) is 80.8 Å². The van der Waals surface area contributed by atoms with Crippen LogP contribution in [0.3, 0.4) is 0 Å². The number of hydrogen-bond acceptors (Lipinski definition) is 24. The fourth-order valence-electron chi connectivity index (χ4n) is 13.6. The first-order chi connectivity index (χ1) is 60.7. The maximum absolute atomic E-state index is 15.0. The highest BCUT2D eigenvalue weighted by molar-refractivity contribution is 6.05. The first kappa shape index (κ1) is 102. The van der Waals surface area contributed by atoms with Crippen molar-refractivity contribution in [2.24, 2.45) is 11.7 Å². The number of Topliss-reactive ketones (excluding diaryl/α,β-unsaturated/α-hetero) is 1. The summed E-state index contributed by atoms with van der Waals surface area (Å²) in [6, 6.07) is -3.72. The molecule has 1 aliphatic heterocycles. The number of aliphatic carboxylic acids is 4. The summed E-state index contributed by atoms with van der Waals surface area (Å²) in [6.45, 7) is 0.965. The lowest BCUT2D eigenvalue weighted by atomic mass is 9.96. The van der Waals surface area contributed by atoms with Gasteiger partial charge in [-0.3, -0.25) is 95.9 Å². The predicted octanol–water partition coefficient (Wildman–Crippen LogP) is -3.35. The van der Waals surface area contributed by atoms with E-state index in [1.54, 1.807) is 42.7 Å². The van der Waals surface area contributed by atoms with Crippen molar-refractivity contribution in [2.75, 3.05) is 32.0 Å². The molecule has 6 rings (SSSR count). The SMILES string of the molecule is CCCCCCCCCC(=O)N[C@@H](Cc1c[nH]c2ccccc12)C(=O)N[C@@H](CC(N)=O)C(=O)N[C@@H](CC(=O)O)C(=O)NC1C(=O)NCC(=O)N[C@@H](CCCNC(=O)CCc2c[nH]c3ccccc23)C(=O)NC(CC(=O)O)C(=O)N[C@H](C)C(=O)N[C@@H](CC(=O)O)C(=O)NCC(=O)N[C@H](CO)C(=O)NC([C@H](C)CC(=O)O)C(=O)N[C@@H](CC(=O)c2ccccc2N)C(=O)OC1C. The fraction of sp³-hybridized carbons (Fsp3) is 0.482. The third-order valence-electron chi connectivity index (χ3n) is 20.5. The molecule has 0 aliphatic carbocycles. The first-order valence-electron chi connectivity index (χ1n) is 41.3. The van der Waals surface area contributed by atoms with E-state index < -0.39 is 267 Å². The summed E-state index contributed by atoms with van der Waals surface area (Å²) in [5.74, 6) is -30.6. The minimum atomic E-state index is -2.49. The van der Waals surface area contributed by atoms with E-state index in [0.717, 1.165) is 69.3 Å². The van der Waals surface area contributed by atoms with Crippen LogP contribution >= 0.6 is 0 Å². The van der Waals surface area contributed by atoms with E-state index in [1.165, 1.54) is 24.3 Å². The molecule has 13 atom stereocenters. The van der Waals surface area contributed by atoms with Crippen LogP contribution < -0.4 is 85.9 Å². The van der Waals surface area contributed by atoms with Gasteiger partial charge in [-0.1, -0.05) is 101 Å². The molecule has 694 valence electrons. The lowest BCUT2D eigenvalue weighted by molar-refractivity contribution is -0.156. The number of aliphatic hydroxyl groups is 1. The van der Waals surface area contributed by atoms with Crippen molar-refractivity contribution in [3.63, 3.8) is 0 Å². The number of aromatic nitrogens is 2. The second kappa shape index (κ2) is 51.1. The Morgan fingerprint density at radius 2 is 1.02 bits per heavy atom. The maximum atomic E-state index is 15.0. The minimum absolute atomic E-state index is 0.0295. The lowest BCUT2D eigenvalue weighted by Gasteiger charge is -2.30. The number of nitrogen functional groups attached to an aromatic ring is 1. The Morgan fingerprint density at radius 3 is 1.62 bits per heavy atom. The Balaban J connectivity index is 1.42. The van der Waals surface area contributed by atoms with Gasteiger partial charge in [0.15, 0.2) is 5.78 Å². The Labute approximate surface area is 731 Å². The number of aromatic amines is 2. The quantitative estimate of drug-likeness (QED) is 0.00791. The van der Waals surface area contributed by atoms with Gasteiger partial charge in [0.2, 0.25) is 88.6 Å². The number of ether oxygens (including phenoxy) is 1. The molecule has 3 heterocycles. The van der Waals surface area contributed by atoms with Crippen molar-refractivity contribution in [2.45, 2.75) is 222 Å². The van der Waals surface area contributed by atoms with E-state index in [0.29, 0.717) is 29.3 Å². The average molecular weight is 1790 g/mol. The number of para-hydroxylation sites is 3. The van der Waals surface area contributed by atoms with Gasteiger partial charge < -0.3 is 126 Å². The molecule has 4 unspecified atom stereocenters. The summed E-state index contributed by atoms with van der Waals surface area (Å²) in [5, 5.41) is 83.0. The summed E-state index contributed by atoms with van der Waals surface area (Å²) >= 11 is 0. The van der Waals surface area contributed by atoms with Crippen molar-refractivity contribution in [1.29, 1.82) is 0 Å². The second-order valence-electron chi connectivity index (χ2n) is 30.7. The van der Waals surface area contributed by atoms with E-state index in [1.807, 2.05) is 34.1 Å². The zero-order valence-electron chi connectivity index (χ0n) is 70.7. The molecule has 1 saturated heterocycles. The monoisotopic (exact) mass is 1790 g/mol. The van der Waals surface area contributed by atoms with E-state index >= 15 is 9.59 Å². The molecule has 128 heavy (non-hydrogen) atoms. The Bertz CT molecular complexity index is 4880. The van der Waals surface area contributed by atoms with Crippen LogP contribution in [0.5, 0.6) is 0 Å². The van der Waals surface area contributed by atoms with Crippen molar-refractivity contribution < 1.29 is 131 Å². The molecule has 0 radical (unpaired) electrons. The highest BCUT2D eigenvalue weighted by atomic mass is 16.5. The van der Waals surface area contributed by atoms with E-state index in [9.17, 15) is 117 Å². The zero-order valence-corrected chi connectivity index (χ0v) is 70.7. The summed E-state index contributed by atoms with van der Waals surface area (Å²) in [4.78, 5) is 296. The Kier molecular flexibility index (Phi) is 40.9. The molecule has 0 bridgehead atoms. The number of rotatable bonds is 39. The fourth-order valence-corrected chi connectivity index (χ4v) is 13.6. The lowest BCUT2D eigenvalue weighted by Crippen LogP contribution is -2.62. The Hall–Kier alpha value is -14.4. The van der Waals surface area contributed by atoms with Gasteiger partial charge in [0.05, 0.1) is 51.8 Å². The molecule has 5 aromatic rings. The summed E-state index contributed by atoms with van der Waals surface area (Å²) in [5.41, 5.74) is 14.0. The minimum Gasteiger partial charge on any atom is -0.481 e. The number of carboxylic acids is 4. The molecule has 3 aromatic carbocycles. The number of unbranched alkanes of at least 4 members (excludes halogenated alkanes) is 6. The van der Waals surface area contributed by atoms with Gasteiger partial charge in [-0.15, -0.1) is 0 Å².